The Hall–Kier alpha value is -2.02. The molecule has 0 radical (unpaired) electrons. The number of anilines is 1. The quantitative estimate of drug-likeness (QED) is 0.860. The number of rotatable bonds is 3. The van der Waals surface area contributed by atoms with Crippen molar-refractivity contribution in [2.45, 2.75) is 25.9 Å². The highest BCUT2D eigenvalue weighted by molar-refractivity contribution is 5.41. The molecule has 0 amide bonds. The first-order chi connectivity index (χ1) is 9.51. The average molecular weight is 274 g/mol. The zero-order valence-electron chi connectivity index (χ0n) is 11.9. The minimum absolute atomic E-state index is 0.459. The molecule has 0 aromatic carbocycles. The van der Waals surface area contributed by atoms with Crippen LogP contribution >= 0.6 is 0 Å². The second-order valence-corrected chi connectivity index (χ2v) is 5.28. The molecule has 3 rings (SSSR count). The third-order valence-corrected chi connectivity index (χ3v) is 3.64. The van der Waals surface area contributed by atoms with Crippen molar-refractivity contribution in [2.75, 3.05) is 18.0 Å². The minimum Gasteiger partial charge on any atom is -0.380 e. The number of hydrogen-bond acceptors (Lipinski definition) is 6. The molecule has 0 aliphatic carbocycles. The highest BCUT2D eigenvalue weighted by Crippen LogP contribution is 2.33. The lowest BCUT2D eigenvalue weighted by atomic mass is 9.91. The van der Waals surface area contributed by atoms with Gasteiger partial charge in [-0.15, -0.1) is 5.10 Å². The van der Waals surface area contributed by atoms with Crippen LogP contribution in [0.25, 0.3) is 0 Å². The van der Waals surface area contributed by atoms with Crippen LogP contribution in [0.15, 0.2) is 12.3 Å². The van der Waals surface area contributed by atoms with Crippen LogP contribution in [-0.2, 0) is 19.1 Å². The fourth-order valence-electron chi connectivity index (χ4n) is 2.54. The fourth-order valence-corrected chi connectivity index (χ4v) is 2.54. The molecular weight excluding hydrogens is 256 g/mol. The number of nitrogens with zero attached hydrogens (tertiary/aromatic N) is 6. The van der Waals surface area contributed by atoms with Crippen LogP contribution in [0.1, 0.15) is 24.0 Å². The van der Waals surface area contributed by atoms with Gasteiger partial charge in [-0.2, -0.15) is 0 Å². The molecule has 20 heavy (non-hydrogen) atoms. The van der Waals surface area contributed by atoms with Gasteiger partial charge in [0.1, 0.15) is 5.60 Å². The maximum Gasteiger partial charge on any atom is 0.225 e. The Kier molecular flexibility index (Phi) is 2.93. The summed E-state index contributed by atoms with van der Waals surface area (Å²) in [6.07, 6.45) is 2.48. The molecule has 1 aliphatic heterocycles. The van der Waals surface area contributed by atoms with E-state index in [2.05, 4.69) is 27.2 Å². The van der Waals surface area contributed by atoms with Crippen LogP contribution in [0.4, 0.5) is 5.95 Å². The zero-order valence-corrected chi connectivity index (χ0v) is 11.9. The Morgan fingerprint density at radius 1 is 1.35 bits per heavy atom. The lowest BCUT2D eigenvalue weighted by Gasteiger charge is -2.46. The standard InChI is InChI=1S/C13H18N6O/c1-4-10-5-9(2)15-12(16-10)19-7-13(20,8-19)11-6-14-17-18(11)3/h5-6,20H,4,7-8H2,1-3H3. The lowest BCUT2D eigenvalue weighted by molar-refractivity contribution is -0.00104. The fraction of sp³-hybridized carbons (Fsp3) is 0.538. The Balaban J connectivity index is 1.80. The molecule has 0 atom stereocenters. The number of aliphatic hydroxyl groups is 1. The summed E-state index contributed by atoms with van der Waals surface area (Å²) in [6, 6.07) is 1.99. The SMILES string of the molecule is CCc1cc(C)nc(N2CC(O)(c3cnnn3C)C2)n1. The van der Waals surface area contributed by atoms with Gasteiger partial charge in [-0.05, 0) is 19.4 Å². The molecule has 2 aromatic heterocycles. The molecule has 2 aromatic rings. The van der Waals surface area contributed by atoms with Gasteiger partial charge in [0, 0.05) is 18.4 Å². The van der Waals surface area contributed by atoms with E-state index in [1.54, 1.807) is 17.9 Å². The Bertz CT molecular complexity index is 632. The number of β-amino-alcohol motifs (C(OH)–C–C–N with tert-alkyl or cyclic N) is 1. The summed E-state index contributed by atoms with van der Waals surface area (Å²) in [7, 11) is 1.78. The van der Waals surface area contributed by atoms with Crippen molar-refractivity contribution >= 4 is 5.95 Å². The maximum absolute atomic E-state index is 10.6. The molecule has 0 spiro atoms. The maximum atomic E-state index is 10.6. The average Bonchev–Trinajstić information content (AvgIpc) is 2.81. The van der Waals surface area contributed by atoms with Crippen LogP contribution in [0.3, 0.4) is 0 Å². The predicted octanol–water partition coefficient (Wildman–Crippen LogP) is 0.184. The summed E-state index contributed by atoms with van der Waals surface area (Å²) in [5, 5.41) is 18.3. The van der Waals surface area contributed by atoms with Gasteiger partial charge in [-0.1, -0.05) is 12.1 Å². The smallest absolute Gasteiger partial charge is 0.225 e. The van der Waals surface area contributed by atoms with Crippen LogP contribution in [-0.4, -0.2) is 43.2 Å². The van der Waals surface area contributed by atoms with Crippen LogP contribution in [0.2, 0.25) is 0 Å². The molecular formula is C13H18N6O. The summed E-state index contributed by atoms with van der Waals surface area (Å²) < 4.78 is 1.60. The predicted molar refractivity (Wildman–Crippen MR) is 73.3 cm³/mol. The molecule has 0 bridgehead atoms. The second-order valence-electron chi connectivity index (χ2n) is 5.28. The van der Waals surface area contributed by atoms with E-state index in [1.165, 1.54) is 0 Å². The highest BCUT2D eigenvalue weighted by Gasteiger charge is 2.46. The first kappa shape index (κ1) is 13.0. The molecule has 1 N–H and O–H groups in total. The molecule has 0 unspecified atom stereocenters. The summed E-state index contributed by atoms with van der Waals surface area (Å²) >= 11 is 0. The minimum atomic E-state index is -0.919. The van der Waals surface area contributed by atoms with E-state index in [0.29, 0.717) is 19.0 Å². The number of hydrogen-bond donors (Lipinski definition) is 1. The molecule has 1 fully saturated rings. The zero-order chi connectivity index (χ0) is 14.3. The van der Waals surface area contributed by atoms with E-state index in [1.807, 2.05) is 17.9 Å². The van der Waals surface area contributed by atoms with Crippen molar-refractivity contribution in [3.63, 3.8) is 0 Å². The van der Waals surface area contributed by atoms with Gasteiger partial charge < -0.3 is 10.0 Å². The Morgan fingerprint density at radius 3 is 2.70 bits per heavy atom. The molecule has 0 saturated carbocycles. The molecule has 1 aliphatic rings. The van der Waals surface area contributed by atoms with Gasteiger partial charge in [0.2, 0.25) is 5.95 Å². The number of aryl methyl sites for hydroxylation is 3. The van der Waals surface area contributed by atoms with Crippen molar-refractivity contribution in [1.29, 1.82) is 0 Å². The van der Waals surface area contributed by atoms with E-state index in [9.17, 15) is 5.11 Å². The van der Waals surface area contributed by atoms with Gasteiger partial charge in [0.05, 0.1) is 25.0 Å². The highest BCUT2D eigenvalue weighted by atomic mass is 16.3. The summed E-state index contributed by atoms with van der Waals surface area (Å²) in [5.74, 6) is 0.682. The van der Waals surface area contributed by atoms with Crippen molar-refractivity contribution in [3.8, 4) is 0 Å². The van der Waals surface area contributed by atoms with Gasteiger partial charge in [-0.25, -0.2) is 14.6 Å². The van der Waals surface area contributed by atoms with Crippen molar-refractivity contribution < 1.29 is 5.11 Å². The number of aromatic nitrogens is 5. The van der Waals surface area contributed by atoms with Crippen LogP contribution < -0.4 is 4.90 Å². The lowest BCUT2D eigenvalue weighted by Crippen LogP contribution is -2.60. The van der Waals surface area contributed by atoms with Gasteiger partial charge in [-0.3, -0.25) is 0 Å². The van der Waals surface area contributed by atoms with Crippen LogP contribution in [0.5, 0.6) is 0 Å². The van der Waals surface area contributed by atoms with E-state index >= 15 is 0 Å². The van der Waals surface area contributed by atoms with Crippen molar-refractivity contribution in [3.05, 3.63) is 29.3 Å². The van der Waals surface area contributed by atoms with Gasteiger partial charge in [0.15, 0.2) is 0 Å². The summed E-state index contributed by atoms with van der Waals surface area (Å²) in [6.45, 7) is 4.95. The van der Waals surface area contributed by atoms with E-state index < -0.39 is 5.60 Å². The summed E-state index contributed by atoms with van der Waals surface area (Å²) in [5.41, 5.74) is 1.77. The topological polar surface area (TPSA) is 80.0 Å². The largest absolute Gasteiger partial charge is 0.380 e. The molecule has 7 heteroatoms. The van der Waals surface area contributed by atoms with Crippen molar-refractivity contribution in [1.82, 2.24) is 25.0 Å². The monoisotopic (exact) mass is 274 g/mol. The van der Waals surface area contributed by atoms with Gasteiger partial charge in [0.25, 0.3) is 0 Å². The third kappa shape index (κ3) is 2.03. The van der Waals surface area contributed by atoms with E-state index in [4.69, 9.17) is 0 Å². The first-order valence-corrected chi connectivity index (χ1v) is 6.69. The molecule has 7 nitrogen and oxygen atoms in total. The normalized spacial score (nSPS) is 17.1. The molecule has 3 heterocycles. The Morgan fingerprint density at radius 2 is 2.10 bits per heavy atom. The van der Waals surface area contributed by atoms with E-state index in [0.717, 1.165) is 23.5 Å². The first-order valence-electron chi connectivity index (χ1n) is 6.69. The summed E-state index contributed by atoms with van der Waals surface area (Å²) in [4.78, 5) is 10.9. The second kappa shape index (κ2) is 4.52. The Labute approximate surface area is 117 Å². The van der Waals surface area contributed by atoms with E-state index in [-0.39, 0.29) is 0 Å². The van der Waals surface area contributed by atoms with Gasteiger partial charge >= 0.3 is 0 Å². The molecule has 1 saturated heterocycles. The van der Waals surface area contributed by atoms with Crippen molar-refractivity contribution in [2.24, 2.45) is 7.05 Å². The van der Waals surface area contributed by atoms with Crippen LogP contribution in [0, 0.1) is 6.92 Å². The molecule has 106 valence electrons. The third-order valence-electron chi connectivity index (χ3n) is 3.64.